The lowest BCUT2D eigenvalue weighted by Gasteiger charge is -2.18. The molecule has 1 atom stereocenters. The Bertz CT molecular complexity index is 1440. The van der Waals surface area contributed by atoms with Crippen molar-refractivity contribution in [3.63, 3.8) is 0 Å². The smallest absolute Gasteiger partial charge is 0.306 e. The van der Waals surface area contributed by atoms with Crippen molar-refractivity contribution in [2.24, 2.45) is 0 Å². The number of hydrogen-bond acceptors (Lipinski definition) is 6. The summed E-state index contributed by atoms with van der Waals surface area (Å²) in [5.41, 5.74) is 0. The number of carbonyl (C=O) groups excluding carboxylic acids is 3. The molecule has 0 aliphatic heterocycles. The van der Waals surface area contributed by atoms with Gasteiger partial charge in [-0.2, -0.15) is 0 Å². The summed E-state index contributed by atoms with van der Waals surface area (Å²) in [4.78, 5) is 38.1. The van der Waals surface area contributed by atoms with Crippen molar-refractivity contribution in [2.45, 2.75) is 264 Å². The van der Waals surface area contributed by atoms with Gasteiger partial charge in [-0.05, 0) is 128 Å². The van der Waals surface area contributed by atoms with Crippen LogP contribution in [-0.4, -0.2) is 37.2 Å². The minimum atomic E-state index is -0.806. The Morgan fingerprint density at radius 1 is 0.300 bits per heavy atom. The summed E-state index contributed by atoms with van der Waals surface area (Å²) in [5.74, 6) is -0.961. The fourth-order valence-electron chi connectivity index (χ4n) is 7.65. The van der Waals surface area contributed by atoms with E-state index >= 15 is 0 Å². The van der Waals surface area contributed by atoms with Crippen LogP contribution in [-0.2, 0) is 28.6 Å². The fourth-order valence-corrected chi connectivity index (χ4v) is 7.65. The first-order valence-electron chi connectivity index (χ1n) is 28.9. The third-order valence-corrected chi connectivity index (χ3v) is 12.0. The van der Waals surface area contributed by atoms with Gasteiger partial charge in [-0.1, -0.05) is 220 Å². The molecule has 0 aromatic heterocycles. The molecule has 0 bridgehead atoms. The third-order valence-electron chi connectivity index (χ3n) is 12.0. The van der Waals surface area contributed by atoms with Crippen molar-refractivity contribution >= 4 is 17.9 Å². The Hall–Kier alpha value is -3.93. The molecular formula is C64H106O6. The molecule has 0 aromatic carbocycles. The Morgan fingerprint density at radius 2 is 0.557 bits per heavy atom. The Kier molecular flexibility index (Phi) is 54.4. The van der Waals surface area contributed by atoms with Crippen molar-refractivity contribution < 1.29 is 28.6 Å². The van der Waals surface area contributed by atoms with Crippen molar-refractivity contribution in [1.82, 2.24) is 0 Å². The van der Waals surface area contributed by atoms with Crippen LogP contribution in [0, 0.1) is 0 Å². The van der Waals surface area contributed by atoms with Gasteiger partial charge < -0.3 is 14.2 Å². The molecule has 0 fully saturated rings. The van der Waals surface area contributed by atoms with Crippen LogP contribution in [0.1, 0.15) is 258 Å². The minimum Gasteiger partial charge on any atom is -0.462 e. The molecule has 0 spiro atoms. The molecule has 398 valence electrons. The van der Waals surface area contributed by atoms with Crippen LogP contribution in [0.3, 0.4) is 0 Å². The maximum Gasteiger partial charge on any atom is 0.306 e. The number of ether oxygens (including phenoxy) is 3. The molecule has 0 saturated carbocycles. The fraction of sp³-hybridized carbons (Fsp3) is 0.672. The number of hydrogen-bond donors (Lipinski definition) is 0. The van der Waals surface area contributed by atoms with Crippen molar-refractivity contribution in [3.8, 4) is 0 Å². The van der Waals surface area contributed by atoms with Gasteiger partial charge in [0.05, 0.1) is 0 Å². The number of esters is 3. The molecule has 70 heavy (non-hydrogen) atoms. The first-order valence-corrected chi connectivity index (χ1v) is 28.9. The summed E-state index contributed by atoms with van der Waals surface area (Å²) in [6, 6.07) is 0. The second kappa shape index (κ2) is 57.6. The molecule has 0 heterocycles. The summed E-state index contributed by atoms with van der Waals surface area (Å²) in [6.07, 6.45) is 77.9. The summed E-state index contributed by atoms with van der Waals surface area (Å²) < 4.78 is 16.8. The molecule has 0 rings (SSSR count). The number of allylic oxidation sites excluding steroid dienone is 18. The summed E-state index contributed by atoms with van der Waals surface area (Å²) in [6.45, 7) is 6.44. The van der Waals surface area contributed by atoms with Crippen LogP contribution in [0.25, 0.3) is 0 Å². The lowest BCUT2D eigenvalue weighted by atomic mass is 10.1. The average Bonchev–Trinajstić information content (AvgIpc) is 3.36. The molecule has 0 aliphatic rings. The molecule has 0 saturated heterocycles. The van der Waals surface area contributed by atoms with Crippen LogP contribution in [0.5, 0.6) is 0 Å². The van der Waals surface area contributed by atoms with E-state index in [4.69, 9.17) is 14.2 Å². The molecule has 6 nitrogen and oxygen atoms in total. The highest BCUT2D eigenvalue weighted by atomic mass is 16.6. The van der Waals surface area contributed by atoms with Gasteiger partial charge >= 0.3 is 17.9 Å². The van der Waals surface area contributed by atoms with Gasteiger partial charge in [-0.3, -0.25) is 14.4 Å². The van der Waals surface area contributed by atoms with E-state index in [1.54, 1.807) is 0 Å². The van der Waals surface area contributed by atoms with Gasteiger partial charge in [0.2, 0.25) is 0 Å². The predicted octanol–water partition coefficient (Wildman–Crippen LogP) is 19.5. The quantitative estimate of drug-likeness (QED) is 0.0262. The molecular weight excluding hydrogens is 865 g/mol. The predicted molar refractivity (Wildman–Crippen MR) is 302 cm³/mol. The monoisotopic (exact) mass is 971 g/mol. The number of carbonyl (C=O) groups is 3. The lowest BCUT2D eigenvalue weighted by molar-refractivity contribution is -0.167. The van der Waals surface area contributed by atoms with E-state index in [0.29, 0.717) is 25.7 Å². The molecule has 1 unspecified atom stereocenters. The Labute approximate surface area is 431 Å². The average molecular weight is 972 g/mol. The van der Waals surface area contributed by atoms with E-state index in [1.165, 1.54) is 96.3 Å². The Balaban J connectivity index is 4.48. The standard InChI is InChI=1S/C64H106O6/c1-4-7-10-13-16-19-22-25-27-29-31-32-33-35-36-39-42-45-48-51-54-57-63(66)69-60-61(59-68-62(65)56-53-50-47-44-41-38-24-21-18-15-12-9-6-3)70-64(67)58-55-52-49-46-43-40-37-34-30-28-26-23-20-17-14-11-8-5-2/h7,10,16,19-21,23-25,27-28,30-32,35-36,42,45,61H,4-6,8-9,11-15,17-18,22,26,29,33-34,37-41,43-44,46-60H2,1-3H3/b10-7-,19-16-,23-20-,24-21-,27-25-,30-28-,32-31-,36-35-,45-42-. The van der Waals surface area contributed by atoms with E-state index in [0.717, 1.165) is 116 Å². The highest BCUT2D eigenvalue weighted by Crippen LogP contribution is 2.14. The lowest BCUT2D eigenvalue weighted by Crippen LogP contribution is -2.30. The van der Waals surface area contributed by atoms with E-state index < -0.39 is 6.10 Å². The van der Waals surface area contributed by atoms with Crippen LogP contribution >= 0.6 is 0 Å². The van der Waals surface area contributed by atoms with E-state index in [9.17, 15) is 14.4 Å². The van der Waals surface area contributed by atoms with Gasteiger partial charge in [0.15, 0.2) is 6.10 Å². The first kappa shape index (κ1) is 66.1. The molecule has 0 aliphatic carbocycles. The van der Waals surface area contributed by atoms with Crippen LogP contribution < -0.4 is 0 Å². The minimum absolute atomic E-state index is 0.101. The van der Waals surface area contributed by atoms with Gasteiger partial charge in [0.1, 0.15) is 13.2 Å². The second-order valence-electron chi connectivity index (χ2n) is 18.8. The maximum atomic E-state index is 12.9. The summed E-state index contributed by atoms with van der Waals surface area (Å²) in [5, 5.41) is 0. The largest absolute Gasteiger partial charge is 0.462 e. The van der Waals surface area contributed by atoms with E-state index in [2.05, 4.69) is 130 Å². The van der Waals surface area contributed by atoms with Crippen LogP contribution in [0.15, 0.2) is 109 Å². The third kappa shape index (κ3) is 55.0. The zero-order chi connectivity index (χ0) is 50.7. The topological polar surface area (TPSA) is 78.9 Å². The van der Waals surface area contributed by atoms with Crippen molar-refractivity contribution in [3.05, 3.63) is 109 Å². The van der Waals surface area contributed by atoms with Gasteiger partial charge in [0, 0.05) is 19.3 Å². The zero-order valence-electron chi connectivity index (χ0n) is 45.5. The number of unbranched alkanes of at least 4 members (excludes halogenated alkanes) is 22. The van der Waals surface area contributed by atoms with Crippen LogP contribution in [0.2, 0.25) is 0 Å². The van der Waals surface area contributed by atoms with Crippen molar-refractivity contribution in [2.75, 3.05) is 13.2 Å². The SMILES string of the molecule is CC/C=C\C/C=C\C/C=C\C/C=C\C/C=C\C/C=C\CCCCC(=O)OCC(COC(=O)CCCCCCC/C=C\CCCCCC)OC(=O)CCCCCCCCC/C=C\C/C=C\CCCCCC. The summed E-state index contributed by atoms with van der Waals surface area (Å²) >= 11 is 0. The normalized spacial score (nSPS) is 12.9. The highest BCUT2D eigenvalue weighted by Gasteiger charge is 2.19. The second-order valence-corrected chi connectivity index (χ2v) is 18.8. The molecule has 0 amide bonds. The highest BCUT2D eigenvalue weighted by molar-refractivity contribution is 5.71. The first-order chi connectivity index (χ1) is 34.5. The molecule has 6 heteroatoms. The van der Waals surface area contributed by atoms with Gasteiger partial charge in [0.25, 0.3) is 0 Å². The molecule has 0 aromatic rings. The van der Waals surface area contributed by atoms with Gasteiger partial charge in [-0.25, -0.2) is 0 Å². The Morgan fingerprint density at radius 3 is 0.914 bits per heavy atom. The zero-order valence-corrected chi connectivity index (χ0v) is 45.5. The number of rotatable bonds is 51. The molecule has 0 N–H and O–H groups in total. The summed E-state index contributed by atoms with van der Waals surface area (Å²) in [7, 11) is 0. The maximum absolute atomic E-state index is 12.9. The van der Waals surface area contributed by atoms with Crippen LogP contribution in [0.4, 0.5) is 0 Å². The van der Waals surface area contributed by atoms with Gasteiger partial charge in [-0.15, -0.1) is 0 Å². The molecule has 0 radical (unpaired) electrons. The van der Waals surface area contributed by atoms with E-state index in [-0.39, 0.29) is 31.1 Å². The van der Waals surface area contributed by atoms with E-state index in [1.807, 2.05) is 0 Å². The van der Waals surface area contributed by atoms with Crippen molar-refractivity contribution in [1.29, 1.82) is 0 Å².